The molecule has 106 valence electrons. The minimum absolute atomic E-state index is 0.216. The summed E-state index contributed by atoms with van der Waals surface area (Å²) in [5.74, 6) is -1.16. The Labute approximate surface area is 112 Å². The quantitative estimate of drug-likeness (QED) is 0.527. The van der Waals surface area contributed by atoms with Gasteiger partial charge in [0.15, 0.2) is 11.8 Å². The maximum Gasteiger partial charge on any atom is 0.411 e. The van der Waals surface area contributed by atoms with E-state index in [0.717, 1.165) is 12.8 Å². The van der Waals surface area contributed by atoms with Crippen LogP contribution in [-0.2, 0) is 19.1 Å². The molecule has 2 fully saturated rings. The second-order valence-electron chi connectivity index (χ2n) is 5.97. The molecule has 0 aromatic rings. The first-order chi connectivity index (χ1) is 8.76. The summed E-state index contributed by atoms with van der Waals surface area (Å²) >= 11 is 0. The van der Waals surface area contributed by atoms with Crippen molar-refractivity contribution < 1.29 is 23.9 Å². The van der Waals surface area contributed by atoms with Gasteiger partial charge in [0.1, 0.15) is 5.60 Å². The minimum Gasteiger partial charge on any atom is -0.467 e. The number of carbonyl (C=O) groups excluding carboxylic acids is 3. The molecule has 0 N–H and O–H groups in total. The molecule has 1 aliphatic carbocycles. The van der Waals surface area contributed by atoms with Crippen LogP contribution in [0.25, 0.3) is 0 Å². The minimum atomic E-state index is -1.14. The van der Waals surface area contributed by atoms with E-state index in [1.807, 2.05) is 0 Å². The molecule has 0 spiro atoms. The Balaban J connectivity index is 2.23. The van der Waals surface area contributed by atoms with Gasteiger partial charge in [0, 0.05) is 12.0 Å². The summed E-state index contributed by atoms with van der Waals surface area (Å²) in [6.07, 6.45) is 0.822. The van der Waals surface area contributed by atoms with E-state index < -0.39 is 23.7 Å². The highest BCUT2D eigenvalue weighted by molar-refractivity contribution is 6.09. The molecule has 1 heterocycles. The van der Waals surface area contributed by atoms with Crippen LogP contribution in [0.2, 0.25) is 0 Å². The highest BCUT2D eigenvalue weighted by atomic mass is 16.6. The Morgan fingerprint density at radius 2 is 1.89 bits per heavy atom. The molecule has 0 aromatic heterocycles. The lowest BCUT2D eigenvalue weighted by Gasteiger charge is -2.36. The number of esters is 1. The van der Waals surface area contributed by atoms with Gasteiger partial charge in [0.05, 0.1) is 7.11 Å². The van der Waals surface area contributed by atoms with Gasteiger partial charge in [-0.3, -0.25) is 9.69 Å². The van der Waals surface area contributed by atoms with Crippen LogP contribution in [0.4, 0.5) is 4.79 Å². The fourth-order valence-electron chi connectivity index (χ4n) is 2.58. The summed E-state index contributed by atoms with van der Waals surface area (Å²) in [4.78, 5) is 37.3. The van der Waals surface area contributed by atoms with Crippen molar-refractivity contribution in [1.29, 1.82) is 0 Å². The number of hydrogen-bond acceptors (Lipinski definition) is 5. The fourth-order valence-corrected chi connectivity index (χ4v) is 2.58. The molecule has 1 aliphatic heterocycles. The average molecular weight is 269 g/mol. The molecule has 2 aliphatic rings. The Morgan fingerprint density at radius 1 is 1.26 bits per heavy atom. The smallest absolute Gasteiger partial charge is 0.411 e. The van der Waals surface area contributed by atoms with Crippen molar-refractivity contribution in [2.45, 2.75) is 51.3 Å². The summed E-state index contributed by atoms with van der Waals surface area (Å²) in [7, 11) is 1.21. The zero-order chi connectivity index (χ0) is 14.4. The number of ketones is 1. The van der Waals surface area contributed by atoms with Gasteiger partial charge in [-0.15, -0.1) is 0 Å². The van der Waals surface area contributed by atoms with Crippen LogP contribution >= 0.6 is 0 Å². The lowest BCUT2D eigenvalue weighted by Crippen LogP contribution is -2.50. The van der Waals surface area contributed by atoms with Crippen molar-refractivity contribution in [2.75, 3.05) is 7.11 Å². The number of amides is 1. The first kappa shape index (κ1) is 13.8. The molecule has 0 aromatic carbocycles. The Bertz CT molecular complexity index is 425. The highest BCUT2D eigenvalue weighted by Gasteiger charge is 2.58. The third kappa shape index (κ3) is 2.31. The first-order valence-electron chi connectivity index (χ1n) is 6.39. The molecule has 2 rings (SSSR count). The van der Waals surface area contributed by atoms with E-state index in [4.69, 9.17) is 4.74 Å². The number of carbonyl (C=O) groups is 3. The van der Waals surface area contributed by atoms with Gasteiger partial charge < -0.3 is 9.47 Å². The number of rotatable bonds is 1. The molecule has 3 unspecified atom stereocenters. The van der Waals surface area contributed by atoms with Gasteiger partial charge >= 0.3 is 12.1 Å². The molecule has 6 heteroatoms. The molecular weight excluding hydrogens is 250 g/mol. The van der Waals surface area contributed by atoms with Crippen LogP contribution in [0.15, 0.2) is 0 Å². The maximum absolute atomic E-state index is 12.2. The fraction of sp³-hybridized carbons (Fsp3) is 0.769. The molecule has 3 atom stereocenters. The van der Waals surface area contributed by atoms with Crippen LogP contribution in [0.3, 0.4) is 0 Å². The van der Waals surface area contributed by atoms with Crippen LogP contribution in [-0.4, -0.2) is 47.5 Å². The standard InChI is InChI=1S/C13H19NO5/c1-13(2,3)19-12(17)14-8-6-5-7(8)10(15)9(14)11(16)18-4/h7-9H,5-6H2,1-4H3. The topological polar surface area (TPSA) is 72.9 Å². The van der Waals surface area contributed by atoms with E-state index >= 15 is 0 Å². The van der Waals surface area contributed by atoms with Gasteiger partial charge in [-0.1, -0.05) is 0 Å². The average Bonchev–Trinajstić information content (AvgIpc) is 2.42. The summed E-state index contributed by atoms with van der Waals surface area (Å²) in [5, 5.41) is 0. The van der Waals surface area contributed by atoms with Crippen molar-refractivity contribution in [1.82, 2.24) is 4.90 Å². The number of hydrogen-bond donors (Lipinski definition) is 0. The summed E-state index contributed by atoms with van der Waals surface area (Å²) in [6.45, 7) is 5.23. The number of nitrogens with zero attached hydrogens (tertiary/aromatic N) is 1. The third-order valence-electron chi connectivity index (χ3n) is 3.54. The van der Waals surface area contributed by atoms with Crippen LogP contribution in [0.1, 0.15) is 33.6 Å². The number of fused-ring (bicyclic) bond motifs is 1. The Kier molecular flexibility index (Phi) is 3.28. The molecular formula is C13H19NO5. The van der Waals surface area contributed by atoms with Crippen molar-refractivity contribution in [3.05, 3.63) is 0 Å². The lowest BCUT2D eigenvalue weighted by atomic mass is 9.79. The van der Waals surface area contributed by atoms with E-state index in [2.05, 4.69) is 4.74 Å². The van der Waals surface area contributed by atoms with Gasteiger partial charge in [0.2, 0.25) is 0 Å². The Morgan fingerprint density at radius 3 is 2.32 bits per heavy atom. The predicted molar refractivity (Wildman–Crippen MR) is 65.4 cm³/mol. The van der Waals surface area contributed by atoms with Crippen molar-refractivity contribution >= 4 is 17.8 Å². The largest absolute Gasteiger partial charge is 0.467 e. The highest BCUT2D eigenvalue weighted by Crippen LogP contribution is 2.42. The normalized spacial score (nSPS) is 29.6. The van der Waals surface area contributed by atoms with Crippen LogP contribution in [0, 0.1) is 5.92 Å². The summed E-state index contributed by atoms with van der Waals surface area (Å²) < 4.78 is 9.90. The first-order valence-corrected chi connectivity index (χ1v) is 6.39. The zero-order valence-corrected chi connectivity index (χ0v) is 11.6. The molecule has 0 bridgehead atoms. The predicted octanol–water partition coefficient (Wildman–Crippen LogP) is 1.13. The van der Waals surface area contributed by atoms with Gasteiger partial charge in [0.25, 0.3) is 0 Å². The second kappa shape index (κ2) is 4.51. The van der Waals surface area contributed by atoms with Crippen LogP contribution in [0.5, 0.6) is 0 Å². The SMILES string of the molecule is COC(=O)C1C(=O)C2CCC2N1C(=O)OC(C)(C)C. The molecule has 6 nitrogen and oxygen atoms in total. The van der Waals surface area contributed by atoms with Gasteiger partial charge in [-0.2, -0.15) is 0 Å². The number of ether oxygens (including phenoxy) is 2. The van der Waals surface area contributed by atoms with Crippen molar-refractivity contribution in [3.8, 4) is 0 Å². The molecule has 1 saturated carbocycles. The maximum atomic E-state index is 12.2. The van der Waals surface area contributed by atoms with E-state index in [0.29, 0.717) is 0 Å². The van der Waals surface area contributed by atoms with E-state index in [9.17, 15) is 14.4 Å². The van der Waals surface area contributed by atoms with Crippen LogP contribution < -0.4 is 0 Å². The summed E-state index contributed by atoms with van der Waals surface area (Å²) in [5.41, 5.74) is -0.664. The Hall–Kier alpha value is -1.59. The van der Waals surface area contributed by atoms with E-state index in [1.165, 1.54) is 12.0 Å². The molecule has 0 radical (unpaired) electrons. The molecule has 1 amide bonds. The van der Waals surface area contributed by atoms with E-state index in [-0.39, 0.29) is 17.7 Å². The second-order valence-corrected chi connectivity index (χ2v) is 5.97. The molecule has 1 saturated heterocycles. The lowest BCUT2D eigenvalue weighted by molar-refractivity contribution is -0.148. The molecule has 19 heavy (non-hydrogen) atoms. The van der Waals surface area contributed by atoms with Gasteiger partial charge in [-0.25, -0.2) is 9.59 Å². The zero-order valence-electron chi connectivity index (χ0n) is 11.6. The monoisotopic (exact) mass is 269 g/mol. The number of Topliss-reactive ketones (excluding diaryl/α,β-unsaturated/α-hetero) is 1. The third-order valence-corrected chi connectivity index (χ3v) is 3.54. The number of likely N-dealkylation sites (tertiary alicyclic amines) is 1. The van der Waals surface area contributed by atoms with Gasteiger partial charge in [-0.05, 0) is 33.6 Å². The summed E-state index contributed by atoms with van der Waals surface area (Å²) in [6, 6.07) is -1.36. The van der Waals surface area contributed by atoms with Crippen molar-refractivity contribution in [2.24, 2.45) is 5.92 Å². The number of methoxy groups -OCH3 is 1. The van der Waals surface area contributed by atoms with E-state index in [1.54, 1.807) is 20.8 Å². The van der Waals surface area contributed by atoms with Crippen molar-refractivity contribution in [3.63, 3.8) is 0 Å².